The van der Waals surface area contributed by atoms with Crippen LogP contribution in [0.3, 0.4) is 0 Å². The van der Waals surface area contributed by atoms with Crippen LogP contribution in [0.4, 0.5) is 0 Å². The maximum atomic E-state index is 5.22. The van der Waals surface area contributed by atoms with Crippen LogP contribution in [0.1, 0.15) is 11.4 Å². The molecule has 4 aromatic heterocycles. The highest BCUT2D eigenvalue weighted by atomic mass is 16.5. The quantitative estimate of drug-likeness (QED) is 0.545. The van der Waals surface area contributed by atoms with E-state index >= 15 is 0 Å². The number of ether oxygens (including phenoxy) is 1. The van der Waals surface area contributed by atoms with Crippen LogP contribution in [0.2, 0.25) is 0 Å². The number of nitrogens with zero attached hydrogens (tertiary/aromatic N) is 6. The third kappa shape index (κ3) is 3.52. The SMILES string of the molecule is COc1cc(-c2ccnc(-c3nnc(C)n3Cc3ccncc3)c2)ccn1. The van der Waals surface area contributed by atoms with Crippen molar-refractivity contribution in [2.45, 2.75) is 13.5 Å². The summed E-state index contributed by atoms with van der Waals surface area (Å²) in [4.78, 5) is 12.7. The number of pyridine rings is 3. The first-order valence-electron chi connectivity index (χ1n) is 8.50. The molecule has 0 bridgehead atoms. The summed E-state index contributed by atoms with van der Waals surface area (Å²) in [6.45, 7) is 2.60. The van der Waals surface area contributed by atoms with Gasteiger partial charge >= 0.3 is 0 Å². The molecule has 0 aliphatic heterocycles. The molecule has 134 valence electrons. The molecule has 0 atom stereocenters. The van der Waals surface area contributed by atoms with E-state index in [0.717, 1.165) is 34.0 Å². The van der Waals surface area contributed by atoms with Crippen LogP contribution in [0, 0.1) is 6.92 Å². The van der Waals surface area contributed by atoms with Crippen LogP contribution < -0.4 is 4.74 Å². The molecule has 27 heavy (non-hydrogen) atoms. The van der Waals surface area contributed by atoms with Crippen molar-refractivity contribution < 1.29 is 4.74 Å². The van der Waals surface area contributed by atoms with Crippen LogP contribution in [0.5, 0.6) is 5.88 Å². The lowest BCUT2D eigenvalue weighted by Crippen LogP contribution is -2.05. The Labute approximate surface area is 156 Å². The molecule has 0 aliphatic carbocycles. The molecule has 0 saturated carbocycles. The summed E-state index contributed by atoms with van der Waals surface area (Å²) in [6.07, 6.45) is 7.07. The maximum absolute atomic E-state index is 5.22. The fourth-order valence-corrected chi connectivity index (χ4v) is 2.86. The molecule has 0 saturated heterocycles. The highest BCUT2D eigenvalue weighted by Gasteiger charge is 2.14. The van der Waals surface area contributed by atoms with Gasteiger partial charge in [-0.15, -0.1) is 10.2 Å². The number of aromatic nitrogens is 6. The Hall–Kier alpha value is -3.61. The van der Waals surface area contributed by atoms with Gasteiger partial charge in [0.05, 0.1) is 13.7 Å². The van der Waals surface area contributed by atoms with E-state index in [2.05, 4.69) is 29.7 Å². The van der Waals surface area contributed by atoms with Crippen molar-refractivity contribution in [1.82, 2.24) is 29.7 Å². The predicted molar refractivity (Wildman–Crippen MR) is 101 cm³/mol. The Morgan fingerprint density at radius 1 is 0.889 bits per heavy atom. The van der Waals surface area contributed by atoms with Crippen LogP contribution in [0.25, 0.3) is 22.6 Å². The molecule has 0 aromatic carbocycles. The minimum Gasteiger partial charge on any atom is -0.481 e. The number of hydrogen-bond donors (Lipinski definition) is 0. The molecule has 0 radical (unpaired) electrons. The van der Waals surface area contributed by atoms with E-state index in [4.69, 9.17) is 4.74 Å². The Balaban J connectivity index is 1.72. The normalized spacial score (nSPS) is 10.7. The first kappa shape index (κ1) is 16.8. The monoisotopic (exact) mass is 358 g/mol. The van der Waals surface area contributed by atoms with E-state index in [1.54, 1.807) is 31.9 Å². The lowest BCUT2D eigenvalue weighted by Gasteiger charge is -2.09. The molecule has 7 nitrogen and oxygen atoms in total. The van der Waals surface area contributed by atoms with E-state index in [9.17, 15) is 0 Å². The Bertz CT molecular complexity index is 1060. The summed E-state index contributed by atoms with van der Waals surface area (Å²) < 4.78 is 7.27. The van der Waals surface area contributed by atoms with Gasteiger partial charge in [-0.05, 0) is 53.9 Å². The van der Waals surface area contributed by atoms with Crippen molar-refractivity contribution in [3.8, 4) is 28.5 Å². The molecular formula is C20H18N6O. The molecule has 4 heterocycles. The summed E-state index contributed by atoms with van der Waals surface area (Å²) in [7, 11) is 1.61. The Morgan fingerprint density at radius 3 is 2.41 bits per heavy atom. The van der Waals surface area contributed by atoms with Crippen molar-refractivity contribution in [1.29, 1.82) is 0 Å². The second kappa shape index (κ2) is 7.33. The van der Waals surface area contributed by atoms with E-state index in [1.165, 1.54) is 0 Å². The fourth-order valence-electron chi connectivity index (χ4n) is 2.86. The number of methoxy groups -OCH3 is 1. The van der Waals surface area contributed by atoms with E-state index in [0.29, 0.717) is 12.4 Å². The van der Waals surface area contributed by atoms with E-state index in [-0.39, 0.29) is 0 Å². The Kier molecular flexibility index (Phi) is 4.57. The number of aryl methyl sites for hydroxylation is 1. The molecule has 7 heteroatoms. The largest absolute Gasteiger partial charge is 0.481 e. The van der Waals surface area contributed by atoms with Crippen LogP contribution in [-0.4, -0.2) is 36.8 Å². The van der Waals surface area contributed by atoms with Crippen molar-refractivity contribution in [2.24, 2.45) is 0 Å². The van der Waals surface area contributed by atoms with Gasteiger partial charge < -0.3 is 9.30 Å². The summed E-state index contributed by atoms with van der Waals surface area (Å²) in [5.74, 6) is 2.13. The molecule has 0 unspecified atom stereocenters. The Morgan fingerprint density at radius 2 is 1.63 bits per heavy atom. The van der Waals surface area contributed by atoms with Gasteiger partial charge in [-0.2, -0.15) is 0 Å². The van der Waals surface area contributed by atoms with Gasteiger partial charge in [-0.3, -0.25) is 9.97 Å². The highest BCUT2D eigenvalue weighted by molar-refractivity contribution is 5.68. The molecule has 0 N–H and O–H groups in total. The number of rotatable bonds is 5. The lowest BCUT2D eigenvalue weighted by atomic mass is 10.1. The highest BCUT2D eigenvalue weighted by Crippen LogP contribution is 2.26. The molecule has 4 rings (SSSR count). The topological polar surface area (TPSA) is 78.6 Å². The van der Waals surface area contributed by atoms with E-state index < -0.39 is 0 Å². The third-order valence-electron chi connectivity index (χ3n) is 4.29. The standard InChI is InChI=1S/C20H18N6O/c1-14-24-25-20(26(14)13-15-3-7-21-8-4-15)18-11-16(5-9-22-18)17-6-10-23-19(12-17)27-2/h3-12H,13H2,1-2H3. The zero-order chi connectivity index (χ0) is 18.6. The van der Waals surface area contributed by atoms with Crippen molar-refractivity contribution in [3.63, 3.8) is 0 Å². The van der Waals surface area contributed by atoms with Crippen molar-refractivity contribution in [2.75, 3.05) is 7.11 Å². The summed E-state index contributed by atoms with van der Waals surface area (Å²) >= 11 is 0. The summed E-state index contributed by atoms with van der Waals surface area (Å²) in [5.41, 5.74) is 3.90. The average molecular weight is 358 g/mol. The van der Waals surface area contributed by atoms with Gasteiger partial charge in [0, 0.05) is 30.9 Å². The zero-order valence-electron chi connectivity index (χ0n) is 15.1. The molecule has 0 fully saturated rings. The van der Waals surface area contributed by atoms with Gasteiger partial charge in [-0.1, -0.05) is 0 Å². The minimum absolute atomic E-state index is 0.572. The second-order valence-corrected chi connectivity index (χ2v) is 6.03. The van der Waals surface area contributed by atoms with Gasteiger partial charge in [0.25, 0.3) is 0 Å². The number of hydrogen-bond acceptors (Lipinski definition) is 6. The summed E-state index contributed by atoms with van der Waals surface area (Å²) in [5, 5.41) is 8.59. The zero-order valence-corrected chi connectivity index (χ0v) is 15.1. The lowest BCUT2D eigenvalue weighted by molar-refractivity contribution is 0.398. The van der Waals surface area contributed by atoms with Crippen LogP contribution >= 0.6 is 0 Å². The molecular weight excluding hydrogens is 340 g/mol. The van der Waals surface area contributed by atoms with Gasteiger partial charge in [0.2, 0.25) is 5.88 Å². The van der Waals surface area contributed by atoms with Gasteiger partial charge in [0.15, 0.2) is 5.82 Å². The second-order valence-electron chi connectivity index (χ2n) is 6.03. The fraction of sp³-hybridized carbons (Fsp3) is 0.150. The van der Waals surface area contributed by atoms with Crippen LogP contribution in [0.15, 0.2) is 61.2 Å². The molecule has 4 aromatic rings. The van der Waals surface area contributed by atoms with E-state index in [1.807, 2.05) is 43.3 Å². The summed E-state index contributed by atoms with van der Waals surface area (Å²) in [6, 6.07) is 11.8. The maximum Gasteiger partial charge on any atom is 0.213 e. The first-order valence-corrected chi connectivity index (χ1v) is 8.50. The minimum atomic E-state index is 0.572. The predicted octanol–water partition coefficient (Wildman–Crippen LogP) is 3.16. The van der Waals surface area contributed by atoms with Gasteiger partial charge in [-0.25, -0.2) is 4.98 Å². The average Bonchev–Trinajstić information content (AvgIpc) is 3.09. The first-order chi connectivity index (χ1) is 13.2. The molecule has 0 spiro atoms. The molecule has 0 aliphatic rings. The smallest absolute Gasteiger partial charge is 0.213 e. The van der Waals surface area contributed by atoms with Crippen LogP contribution in [-0.2, 0) is 6.54 Å². The van der Waals surface area contributed by atoms with Gasteiger partial charge in [0.1, 0.15) is 11.5 Å². The molecule has 0 amide bonds. The van der Waals surface area contributed by atoms with Crippen molar-refractivity contribution in [3.05, 3.63) is 72.6 Å². The third-order valence-corrected chi connectivity index (χ3v) is 4.29. The van der Waals surface area contributed by atoms with Crippen molar-refractivity contribution >= 4 is 0 Å².